The van der Waals surface area contributed by atoms with Gasteiger partial charge in [0, 0.05) is 12.1 Å². The van der Waals surface area contributed by atoms with E-state index in [1.54, 1.807) is 33.8 Å². The standard InChI is InChI=1S/C31H36F3N3O4S/c1-5-27(29(39)35-30(2,3)4)36(20-19-23-13-8-6-9-14-23)28(38)22-37(42(40,41)26-17-10-7-11-18-26)25-16-12-15-24(21-25)31(32,33)34/h6-18,21,27H,5,19-20,22H2,1-4H3,(H,35,39)/t27-/m0/s1. The molecule has 226 valence electrons. The number of carbonyl (C=O) groups excluding carboxylic acids is 2. The molecule has 42 heavy (non-hydrogen) atoms. The van der Waals surface area contributed by atoms with Gasteiger partial charge in [-0.05, 0) is 69.5 Å². The molecule has 3 aromatic carbocycles. The average Bonchev–Trinajstić information content (AvgIpc) is 2.93. The molecule has 0 aromatic heterocycles. The van der Waals surface area contributed by atoms with E-state index < -0.39 is 51.7 Å². The summed E-state index contributed by atoms with van der Waals surface area (Å²) >= 11 is 0. The number of alkyl halides is 3. The van der Waals surface area contributed by atoms with Crippen molar-refractivity contribution in [2.75, 3.05) is 17.4 Å². The number of rotatable bonds is 11. The van der Waals surface area contributed by atoms with E-state index in [4.69, 9.17) is 0 Å². The van der Waals surface area contributed by atoms with Gasteiger partial charge in [-0.2, -0.15) is 13.2 Å². The van der Waals surface area contributed by atoms with E-state index in [9.17, 15) is 31.2 Å². The first-order valence-electron chi connectivity index (χ1n) is 13.5. The van der Waals surface area contributed by atoms with E-state index in [1.165, 1.54) is 35.2 Å². The van der Waals surface area contributed by atoms with Crippen LogP contribution in [0.2, 0.25) is 0 Å². The highest BCUT2D eigenvalue weighted by Crippen LogP contribution is 2.33. The number of hydrogen-bond acceptors (Lipinski definition) is 4. The fourth-order valence-corrected chi connectivity index (χ4v) is 5.86. The fraction of sp³-hybridized carbons (Fsp3) is 0.355. The number of hydrogen-bond donors (Lipinski definition) is 1. The van der Waals surface area contributed by atoms with Gasteiger partial charge < -0.3 is 10.2 Å². The van der Waals surface area contributed by atoms with Crippen molar-refractivity contribution in [2.24, 2.45) is 0 Å². The highest BCUT2D eigenvalue weighted by molar-refractivity contribution is 7.92. The van der Waals surface area contributed by atoms with Crippen LogP contribution in [-0.2, 0) is 32.2 Å². The quantitative estimate of drug-likeness (QED) is 0.306. The van der Waals surface area contributed by atoms with Gasteiger partial charge >= 0.3 is 6.18 Å². The molecule has 0 saturated carbocycles. The molecule has 2 amide bonds. The van der Waals surface area contributed by atoms with Crippen LogP contribution in [0.1, 0.15) is 45.2 Å². The minimum Gasteiger partial charge on any atom is -0.350 e. The van der Waals surface area contributed by atoms with Crippen LogP contribution in [-0.4, -0.2) is 49.8 Å². The highest BCUT2D eigenvalue weighted by Gasteiger charge is 2.36. The number of benzene rings is 3. The molecule has 3 rings (SSSR count). The summed E-state index contributed by atoms with van der Waals surface area (Å²) in [4.78, 5) is 28.4. The molecule has 0 radical (unpaired) electrons. The second-order valence-corrected chi connectivity index (χ2v) is 12.7. The van der Waals surface area contributed by atoms with Gasteiger partial charge in [0.25, 0.3) is 10.0 Å². The van der Waals surface area contributed by atoms with Gasteiger partial charge in [-0.1, -0.05) is 61.5 Å². The number of amides is 2. The molecular formula is C31H36F3N3O4S. The fourth-order valence-electron chi connectivity index (χ4n) is 4.43. The zero-order chi connectivity index (χ0) is 31.1. The van der Waals surface area contributed by atoms with Crippen LogP contribution in [0.4, 0.5) is 18.9 Å². The third kappa shape index (κ3) is 8.58. The molecular weight excluding hydrogens is 567 g/mol. The zero-order valence-corrected chi connectivity index (χ0v) is 24.9. The number of nitrogens with one attached hydrogen (secondary N) is 1. The van der Waals surface area contributed by atoms with Crippen molar-refractivity contribution in [3.05, 3.63) is 96.1 Å². The summed E-state index contributed by atoms with van der Waals surface area (Å²) in [5.41, 5.74) is -1.08. The summed E-state index contributed by atoms with van der Waals surface area (Å²) < 4.78 is 69.0. The van der Waals surface area contributed by atoms with E-state index in [-0.39, 0.29) is 23.5 Å². The van der Waals surface area contributed by atoms with Crippen LogP contribution >= 0.6 is 0 Å². The van der Waals surface area contributed by atoms with Gasteiger partial charge in [0.2, 0.25) is 11.8 Å². The summed E-state index contributed by atoms with van der Waals surface area (Å²) in [5.74, 6) is -1.14. The number of carbonyl (C=O) groups is 2. The molecule has 0 aliphatic rings. The van der Waals surface area contributed by atoms with Crippen LogP contribution < -0.4 is 9.62 Å². The molecule has 1 N–H and O–H groups in total. The monoisotopic (exact) mass is 603 g/mol. The van der Waals surface area contributed by atoms with Gasteiger partial charge in [-0.25, -0.2) is 8.42 Å². The molecule has 0 bridgehead atoms. The van der Waals surface area contributed by atoms with Crippen LogP contribution in [0.15, 0.2) is 89.8 Å². The van der Waals surface area contributed by atoms with Crippen molar-refractivity contribution in [2.45, 2.75) is 63.2 Å². The van der Waals surface area contributed by atoms with E-state index in [1.807, 2.05) is 30.3 Å². The van der Waals surface area contributed by atoms with Crippen molar-refractivity contribution >= 4 is 27.5 Å². The third-order valence-corrected chi connectivity index (χ3v) is 8.23. The first-order chi connectivity index (χ1) is 19.6. The first kappa shape index (κ1) is 32.7. The lowest BCUT2D eigenvalue weighted by Crippen LogP contribution is -2.56. The summed E-state index contributed by atoms with van der Waals surface area (Å²) in [5, 5.41) is 2.88. The molecule has 0 saturated heterocycles. The topological polar surface area (TPSA) is 86.8 Å². The molecule has 1 atom stereocenters. The molecule has 0 aliphatic carbocycles. The van der Waals surface area contributed by atoms with Gasteiger partial charge in [0.1, 0.15) is 12.6 Å². The van der Waals surface area contributed by atoms with E-state index in [2.05, 4.69) is 5.32 Å². The van der Waals surface area contributed by atoms with Gasteiger partial charge in [0.05, 0.1) is 16.1 Å². The van der Waals surface area contributed by atoms with E-state index >= 15 is 0 Å². The molecule has 3 aromatic rings. The van der Waals surface area contributed by atoms with Crippen molar-refractivity contribution in [3.63, 3.8) is 0 Å². The normalized spacial score (nSPS) is 12.8. The van der Waals surface area contributed by atoms with Gasteiger partial charge in [-0.3, -0.25) is 13.9 Å². The Morgan fingerprint density at radius 3 is 2.02 bits per heavy atom. The second-order valence-electron chi connectivity index (χ2n) is 10.9. The average molecular weight is 604 g/mol. The maximum atomic E-state index is 14.0. The van der Waals surface area contributed by atoms with E-state index in [0.717, 1.165) is 17.7 Å². The Bertz CT molecular complexity index is 1460. The molecule has 7 nitrogen and oxygen atoms in total. The Morgan fingerprint density at radius 1 is 0.881 bits per heavy atom. The molecule has 0 spiro atoms. The molecule has 0 fully saturated rings. The lowest BCUT2D eigenvalue weighted by Gasteiger charge is -2.35. The first-order valence-corrected chi connectivity index (χ1v) is 15.0. The van der Waals surface area contributed by atoms with Gasteiger partial charge in [-0.15, -0.1) is 0 Å². The highest BCUT2D eigenvalue weighted by atomic mass is 32.2. The molecule has 0 aliphatic heterocycles. The minimum absolute atomic E-state index is 0.0841. The second kappa shape index (κ2) is 13.4. The minimum atomic E-state index is -4.73. The zero-order valence-electron chi connectivity index (χ0n) is 24.1. The van der Waals surface area contributed by atoms with Crippen molar-refractivity contribution in [3.8, 4) is 0 Å². The Kier molecular flexibility index (Phi) is 10.4. The SMILES string of the molecule is CC[C@@H](C(=O)NC(C)(C)C)N(CCc1ccccc1)C(=O)CN(c1cccc(C(F)(F)F)c1)S(=O)(=O)c1ccccc1. The summed E-state index contributed by atoms with van der Waals surface area (Å²) in [6, 6.07) is 19.3. The molecule has 11 heteroatoms. The maximum absolute atomic E-state index is 14.0. The molecule has 0 heterocycles. The Balaban J connectivity index is 2.07. The predicted octanol–water partition coefficient (Wildman–Crippen LogP) is 5.67. The number of nitrogens with zero attached hydrogens (tertiary/aromatic N) is 2. The van der Waals surface area contributed by atoms with Crippen LogP contribution in [0.25, 0.3) is 0 Å². The predicted molar refractivity (Wildman–Crippen MR) is 156 cm³/mol. The van der Waals surface area contributed by atoms with Crippen LogP contribution in [0.5, 0.6) is 0 Å². The Morgan fingerprint density at radius 2 is 1.48 bits per heavy atom. The van der Waals surface area contributed by atoms with Gasteiger partial charge in [0.15, 0.2) is 0 Å². The van der Waals surface area contributed by atoms with Crippen molar-refractivity contribution in [1.29, 1.82) is 0 Å². The van der Waals surface area contributed by atoms with Crippen LogP contribution in [0, 0.1) is 0 Å². The summed E-state index contributed by atoms with van der Waals surface area (Å²) in [7, 11) is -4.48. The van der Waals surface area contributed by atoms with Crippen molar-refractivity contribution in [1.82, 2.24) is 10.2 Å². The Hall–Kier alpha value is -3.86. The van der Waals surface area contributed by atoms with Crippen LogP contribution in [0.3, 0.4) is 0 Å². The van der Waals surface area contributed by atoms with E-state index in [0.29, 0.717) is 16.8 Å². The lowest BCUT2D eigenvalue weighted by molar-refractivity contribution is -0.140. The summed E-state index contributed by atoms with van der Waals surface area (Å²) in [6.45, 7) is 6.41. The summed E-state index contributed by atoms with van der Waals surface area (Å²) in [6.07, 6.45) is -4.12. The Labute approximate surface area is 245 Å². The smallest absolute Gasteiger partial charge is 0.350 e. The largest absolute Gasteiger partial charge is 0.416 e. The lowest BCUT2D eigenvalue weighted by atomic mass is 10.1. The third-order valence-electron chi connectivity index (χ3n) is 6.44. The number of sulfonamides is 1. The molecule has 0 unspecified atom stereocenters. The van der Waals surface area contributed by atoms with Crippen molar-refractivity contribution < 1.29 is 31.2 Å². The number of anilines is 1. The maximum Gasteiger partial charge on any atom is 0.416 e. The number of halogens is 3.